The number of nitrogens with one attached hydrogen (secondary N) is 1. The van der Waals surface area contributed by atoms with E-state index in [1.54, 1.807) is 11.3 Å². The van der Waals surface area contributed by atoms with Crippen LogP contribution >= 0.6 is 51.2 Å². The van der Waals surface area contributed by atoms with Gasteiger partial charge in [-0.05, 0) is 35.8 Å². The third-order valence-electron chi connectivity index (χ3n) is 3.68. The highest BCUT2D eigenvalue weighted by atomic mass is 127. The highest BCUT2D eigenvalue weighted by molar-refractivity contribution is 14.0. The van der Waals surface area contributed by atoms with Crippen LogP contribution in [0.5, 0.6) is 0 Å². The topological polar surface area (TPSA) is 45.5 Å². The number of nitrogens with zero attached hydrogens (tertiary/aromatic N) is 4. The Hall–Kier alpha value is -0.610. The van der Waals surface area contributed by atoms with E-state index in [4.69, 9.17) is 0 Å². The zero-order valence-electron chi connectivity index (χ0n) is 14.8. The van der Waals surface area contributed by atoms with Gasteiger partial charge in [-0.25, -0.2) is 4.98 Å². The zero-order valence-corrected chi connectivity index (χ0v) is 19.5. The minimum atomic E-state index is 0. The number of hydrogen-bond acceptors (Lipinski definition) is 3. The smallest absolute Gasteiger partial charge is 0.193 e. The molecule has 2 aromatic rings. The van der Waals surface area contributed by atoms with Crippen molar-refractivity contribution in [1.29, 1.82) is 0 Å². The molecular weight excluding hydrogens is 501 g/mol. The first kappa shape index (κ1) is 21.4. The molecule has 0 saturated heterocycles. The Morgan fingerprint density at radius 2 is 2.17 bits per heavy atom. The lowest BCUT2D eigenvalue weighted by Gasteiger charge is -2.22. The number of aliphatic imine (C=N–C) groups is 1. The predicted molar refractivity (Wildman–Crippen MR) is 117 cm³/mol. The quantitative estimate of drug-likeness (QED) is 0.367. The minimum Gasteiger partial charge on any atom is -0.356 e. The molecule has 0 fully saturated rings. The van der Waals surface area contributed by atoms with Crippen molar-refractivity contribution in [2.45, 2.75) is 26.8 Å². The van der Waals surface area contributed by atoms with Gasteiger partial charge in [0, 0.05) is 55.3 Å². The van der Waals surface area contributed by atoms with E-state index in [-0.39, 0.29) is 24.0 Å². The van der Waals surface area contributed by atoms with Crippen LogP contribution < -0.4 is 5.32 Å². The van der Waals surface area contributed by atoms with Gasteiger partial charge in [0.15, 0.2) is 5.96 Å². The summed E-state index contributed by atoms with van der Waals surface area (Å²) in [5.41, 5.74) is 2.38. The third-order valence-corrected chi connectivity index (χ3v) is 5.25. The second kappa shape index (κ2) is 9.76. The highest BCUT2D eigenvalue weighted by Gasteiger charge is 2.10. The van der Waals surface area contributed by atoms with Crippen molar-refractivity contribution in [3.8, 4) is 0 Å². The molecule has 0 radical (unpaired) electrons. The van der Waals surface area contributed by atoms with E-state index >= 15 is 0 Å². The minimum absolute atomic E-state index is 0. The number of aryl methyl sites for hydroxylation is 3. The van der Waals surface area contributed by atoms with Crippen LogP contribution in [-0.4, -0.2) is 41.1 Å². The van der Waals surface area contributed by atoms with Crippen LogP contribution in [0.2, 0.25) is 0 Å². The Labute approximate surface area is 173 Å². The number of guanidine groups is 1. The van der Waals surface area contributed by atoms with Crippen LogP contribution in [0, 0.1) is 13.8 Å². The Morgan fingerprint density at radius 1 is 1.46 bits per heavy atom. The molecule has 2 aromatic heterocycles. The second-order valence-electron chi connectivity index (χ2n) is 5.58. The molecule has 5 nitrogen and oxygen atoms in total. The number of thiazole rings is 1. The van der Waals surface area contributed by atoms with E-state index in [1.807, 2.05) is 7.05 Å². The summed E-state index contributed by atoms with van der Waals surface area (Å²) < 4.78 is 3.22. The molecule has 8 heteroatoms. The normalized spacial score (nSPS) is 11.3. The van der Waals surface area contributed by atoms with Crippen molar-refractivity contribution in [1.82, 2.24) is 19.8 Å². The number of aromatic nitrogens is 2. The maximum Gasteiger partial charge on any atom is 0.193 e. The summed E-state index contributed by atoms with van der Waals surface area (Å²) in [5.74, 6) is 0.904. The summed E-state index contributed by atoms with van der Waals surface area (Å²) in [5, 5.41) is 4.57. The van der Waals surface area contributed by atoms with Crippen molar-refractivity contribution >= 4 is 57.2 Å². The first-order valence-electron chi connectivity index (χ1n) is 7.56. The molecule has 0 amide bonds. The van der Waals surface area contributed by atoms with Gasteiger partial charge in [0.05, 0.1) is 17.2 Å². The first-order valence-corrected chi connectivity index (χ1v) is 9.17. The van der Waals surface area contributed by atoms with Crippen LogP contribution in [-0.2, 0) is 20.0 Å². The van der Waals surface area contributed by atoms with E-state index in [9.17, 15) is 0 Å². The number of hydrogen-bond donors (Lipinski definition) is 1. The average molecular weight is 526 g/mol. The lowest BCUT2D eigenvalue weighted by molar-refractivity contribution is 0.462. The van der Waals surface area contributed by atoms with Crippen LogP contribution in [0.3, 0.4) is 0 Å². The van der Waals surface area contributed by atoms with E-state index in [0.717, 1.165) is 40.6 Å². The number of halogens is 2. The van der Waals surface area contributed by atoms with Gasteiger partial charge in [0.25, 0.3) is 0 Å². The van der Waals surface area contributed by atoms with E-state index < -0.39 is 0 Å². The molecule has 0 aliphatic carbocycles. The largest absolute Gasteiger partial charge is 0.356 e. The fourth-order valence-electron chi connectivity index (χ4n) is 2.52. The number of rotatable bonds is 5. The molecule has 0 unspecified atom stereocenters. The molecule has 2 rings (SSSR count). The highest BCUT2D eigenvalue weighted by Crippen LogP contribution is 2.17. The summed E-state index contributed by atoms with van der Waals surface area (Å²) in [6, 6.07) is 2.13. The van der Waals surface area contributed by atoms with Crippen molar-refractivity contribution in [2.24, 2.45) is 12.0 Å². The van der Waals surface area contributed by atoms with Crippen molar-refractivity contribution < 1.29 is 0 Å². The van der Waals surface area contributed by atoms with Gasteiger partial charge in [-0.2, -0.15) is 0 Å². The maximum atomic E-state index is 4.47. The summed E-state index contributed by atoms with van der Waals surface area (Å²) >= 11 is 5.29. The molecule has 2 heterocycles. The average Bonchev–Trinajstić information content (AvgIpc) is 2.96. The molecule has 24 heavy (non-hydrogen) atoms. The van der Waals surface area contributed by atoms with Crippen LogP contribution in [0.1, 0.15) is 21.3 Å². The standard InChI is InChI=1S/C16H24BrN5S.HI/c1-11-15(23-12(2)20-11)6-7-19-16(18-3)22(5)10-14-8-13(17)9-21(14)4;/h8-9H,6-7,10H2,1-5H3,(H,18,19);1H. The fraction of sp³-hybridized carbons (Fsp3) is 0.500. The van der Waals surface area contributed by atoms with Crippen LogP contribution in [0.25, 0.3) is 0 Å². The first-order chi connectivity index (χ1) is 10.9. The maximum absolute atomic E-state index is 4.47. The second-order valence-corrected chi connectivity index (χ2v) is 7.79. The Balaban J connectivity index is 0.00000288. The molecule has 0 spiro atoms. The summed E-state index contributed by atoms with van der Waals surface area (Å²) in [4.78, 5) is 12.3. The third kappa shape index (κ3) is 5.73. The summed E-state index contributed by atoms with van der Waals surface area (Å²) in [7, 11) is 5.93. The summed E-state index contributed by atoms with van der Waals surface area (Å²) in [6.07, 6.45) is 3.04. The molecule has 0 saturated carbocycles. The molecule has 0 atom stereocenters. The van der Waals surface area contributed by atoms with Gasteiger partial charge in [0.1, 0.15) is 0 Å². The van der Waals surface area contributed by atoms with Gasteiger partial charge < -0.3 is 14.8 Å². The van der Waals surface area contributed by atoms with Gasteiger partial charge in [-0.15, -0.1) is 35.3 Å². The molecule has 134 valence electrons. The van der Waals surface area contributed by atoms with Gasteiger partial charge in [-0.3, -0.25) is 4.99 Å². The lowest BCUT2D eigenvalue weighted by Crippen LogP contribution is -2.39. The Morgan fingerprint density at radius 3 is 2.67 bits per heavy atom. The Kier molecular flexibility index (Phi) is 8.72. The van der Waals surface area contributed by atoms with Gasteiger partial charge in [-0.1, -0.05) is 0 Å². The summed E-state index contributed by atoms with van der Waals surface area (Å²) in [6.45, 7) is 5.79. The van der Waals surface area contributed by atoms with Gasteiger partial charge in [0.2, 0.25) is 0 Å². The molecule has 0 bridgehead atoms. The SMILES string of the molecule is CN=C(NCCc1sc(C)nc1C)N(C)Cc1cc(Br)cn1C.I. The molecule has 0 aliphatic rings. The van der Waals surface area contributed by atoms with Crippen molar-refractivity contribution in [2.75, 3.05) is 20.6 Å². The Bertz CT molecular complexity index is 695. The zero-order chi connectivity index (χ0) is 17.0. The van der Waals surface area contributed by atoms with Crippen molar-refractivity contribution in [3.05, 3.63) is 38.0 Å². The monoisotopic (exact) mass is 525 g/mol. The van der Waals surface area contributed by atoms with Gasteiger partial charge >= 0.3 is 0 Å². The van der Waals surface area contributed by atoms with E-state index in [2.05, 4.69) is 80.9 Å². The van der Waals surface area contributed by atoms with Crippen LogP contribution in [0.4, 0.5) is 0 Å². The molecule has 1 N–H and O–H groups in total. The van der Waals surface area contributed by atoms with Crippen molar-refractivity contribution in [3.63, 3.8) is 0 Å². The predicted octanol–water partition coefficient (Wildman–Crippen LogP) is 3.73. The van der Waals surface area contributed by atoms with E-state index in [0.29, 0.717) is 0 Å². The molecule has 0 aromatic carbocycles. The lowest BCUT2D eigenvalue weighted by atomic mass is 10.3. The fourth-order valence-corrected chi connectivity index (χ4v) is 4.03. The molecule has 0 aliphatic heterocycles. The van der Waals surface area contributed by atoms with E-state index in [1.165, 1.54) is 10.6 Å². The molecular formula is C16H25BrIN5S. The van der Waals surface area contributed by atoms with Crippen LogP contribution in [0.15, 0.2) is 21.7 Å².